The van der Waals surface area contributed by atoms with Crippen LogP contribution in [0.1, 0.15) is 26.3 Å². The van der Waals surface area contributed by atoms with Crippen LogP contribution >= 0.6 is 0 Å². The van der Waals surface area contributed by atoms with Crippen molar-refractivity contribution < 1.29 is 31.9 Å². The molecule has 5 nitrogen and oxygen atoms in total. The van der Waals surface area contributed by atoms with E-state index in [2.05, 4.69) is 5.32 Å². The maximum Gasteiger partial charge on any atom is 0.408 e. The van der Waals surface area contributed by atoms with E-state index in [0.29, 0.717) is 6.07 Å². The summed E-state index contributed by atoms with van der Waals surface area (Å²) >= 11 is 0. The number of nitrogens with zero attached hydrogens (tertiary/aromatic N) is 1. The van der Waals surface area contributed by atoms with Gasteiger partial charge in [0.05, 0.1) is 0 Å². The minimum atomic E-state index is -1.29. The summed E-state index contributed by atoms with van der Waals surface area (Å²) in [5.74, 6) is -4.66. The van der Waals surface area contributed by atoms with Gasteiger partial charge in [0.2, 0.25) is 5.91 Å². The van der Waals surface area contributed by atoms with Gasteiger partial charge in [-0.25, -0.2) is 22.4 Å². The Morgan fingerprint density at radius 1 is 1.00 bits per heavy atom. The Morgan fingerprint density at radius 3 is 2.13 bits per heavy atom. The highest BCUT2D eigenvalue weighted by atomic mass is 19.2. The number of halogens is 4. The lowest BCUT2D eigenvalue weighted by atomic mass is 10.0. The molecular formula is C21H22F4N2O3. The summed E-state index contributed by atoms with van der Waals surface area (Å²) in [5, 5.41) is 2.37. The normalized spacial score (nSPS) is 12.3. The second-order valence-electron chi connectivity index (χ2n) is 7.68. The number of ether oxygens (including phenoxy) is 1. The molecule has 0 heterocycles. The lowest BCUT2D eigenvalue weighted by molar-refractivity contribution is -0.120. The van der Waals surface area contributed by atoms with Crippen molar-refractivity contribution in [1.82, 2.24) is 5.32 Å². The van der Waals surface area contributed by atoms with Crippen LogP contribution < -0.4 is 10.2 Å². The van der Waals surface area contributed by atoms with E-state index >= 15 is 0 Å². The summed E-state index contributed by atoms with van der Waals surface area (Å²) in [7, 11) is 1.30. The molecule has 2 rings (SSSR count). The molecule has 0 aromatic heterocycles. The number of alkyl carbamates (subject to hydrolysis) is 1. The first-order valence-electron chi connectivity index (χ1n) is 9.03. The number of hydrogen-bond acceptors (Lipinski definition) is 3. The molecule has 1 atom stereocenters. The Kier molecular flexibility index (Phi) is 7.07. The van der Waals surface area contributed by atoms with Gasteiger partial charge in [-0.2, -0.15) is 0 Å². The third-order valence-electron chi connectivity index (χ3n) is 3.97. The smallest absolute Gasteiger partial charge is 0.408 e. The van der Waals surface area contributed by atoms with E-state index in [0.717, 1.165) is 29.2 Å². The summed E-state index contributed by atoms with van der Waals surface area (Å²) in [6, 6.07) is 4.29. The van der Waals surface area contributed by atoms with E-state index in [1.807, 2.05) is 0 Å². The van der Waals surface area contributed by atoms with Crippen molar-refractivity contribution in [1.29, 1.82) is 0 Å². The highest BCUT2D eigenvalue weighted by Gasteiger charge is 2.28. The van der Waals surface area contributed by atoms with Crippen LogP contribution in [-0.4, -0.2) is 30.7 Å². The quantitative estimate of drug-likeness (QED) is 0.724. The van der Waals surface area contributed by atoms with Crippen LogP contribution in [0.2, 0.25) is 0 Å². The van der Waals surface area contributed by atoms with Crippen molar-refractivity contribution in [3.05, 3.63) is 65.2 Å². The molecule has 1 N–H and O–H groups in total. The molecule has 0 spiro atoms. The molecule has 0 aliphatic carbocycles. The molecule has 2 aromatic carbocycles. The average molecular weight is 426 g/mol. The summed E-state index contributed by atoms with van der Waals surface area (Å²) < 4.78 is 59.0. The molecule has 30 heavy (non-hydrogen) atoms. The highest BCUT2D eigenvalue weighted by Crippen LogP contribution is 2.19. The molecular weight excluding hydrogens is 404 g/mol. The second-order valence-corrected chi connectivity index (χ2v) is 7.68. The first kappa shape index (κ1) is 23.2. The Balaban J connectivity index is 2.31. The topological polar surface area (TPSA) is 58.6 Å². The standard InChI is InChI=1S/C21H22F4N2O3/c1-21(2,3)30-20(29)26-18(9-12-7-13(22)10-14(23)8-12)19(28)27(4)15-5-6-16(24)17(25)11-15/h5-8,10-11,18H,9H2,1-4H3,(H,26,29)/t18-/m0/s1. The summed E-state index contributed by atoms with van der Waals surface area (Å²) in [6.07, 6.45) is -1.18. The van der Waals surface area contributed by atoms with Gasteiger partial charge < -0.3 is 15.0 Å². The first-order chi connectivity index (χ1) is 13.9. The number of likely N-dealkylation sites (N-methyl/N-ethyl adjacent to an activating group) is 1. The van der Waals surface area contributed by atoms with Crippen LogP contribution in [0.25, 0.3) is 0 Å². The number of benzene rings is 2. The van der Waals surface area contributed by atoms with Gasteiger partial charge in [-0.15, -0.1) is 0 Å². The third-order valence-corrected chi connectivity index (χ3v) is 3.97. The number of hydrogen-bond donors (Lipinski definition) is 1. The van der Waals surface area contributed by atoms with E-state index in [1.165, 1.54) is 13.1 Å². The molecule has 2 amide bonds. The maximum atomic E-state index is 13.5. The fourth-order valence-electron chi connectivity index (χ4n) is 2.67. The molecule has 0 radical (unpaired) electrons. The van der Waals surface area contributed by atoms with Crippen molar-refractivity contribution in [2.24, 2.45) is 0 Å². The first-order valence-corrected chi connectivity index (χ1v) is 9.03. The summed E-state index contributed by atoms with van der Waals surface area (Å²) in [4.78, 5) is 26.2. The molecule has 0 fully saturated rings. The molecule has 0 aliphatic rings. The second kappa shape index (κ2) is 9.15. The van der Waals surface area contributed by atoms with Crippen molar-refractivity contribution >= 4 is 17.7 Å². The van der Waals surface area contributed by atoms with Gasteiger partial charge >= 0.3 is 6.09 Å². The van der Waals surface area contributed by atoms with Gasteiger partial charge in [0, 0.05) is 31.3 Å². The van der Waals surface area contributed by atoms with Gasteiger partial charge in [0.1, 0.15) is 23.3 Å². The summed E-state index contributed by atoms with van der Waals surface area (Å²) in [6.45, 7) is 4.87. The Morgan fingerprint density at radius 2 is 1.60 bits per heavy atom. The Labute approximate surface area is 171 Å². The Bertz CT molecular complexity index is 924. The van der Waals surface area contributed by atoms with Crippen LogP contribution in [0.4, 0.5) is 28.0 Å². The number of rotatable bonds is 5. The minimum absolute atomic E-state index is 0.0281. The fourth-order valence-corrected chi connectivity index (χ4v) is 2.67. The molecule has 0 saturated carbocycles. The molecule has 0 unspecified atom stereocenters. The number of carbonyl (C=O) groups is 2. The highest BCUT2D eigenvalue weighted by molar-refractivity contribution is 5.98. The van der Waals surface area contributed by atoms with E-state index in [9.17, 15) is 27.2 Å². The number of anilines is 1. The zero-order valence-corrected chi connectivity index (χ0v) is 16.9. The molecule has 2 aromatic rings. The van der Waals surface area contributed by atoms with Crippen LogP contribution in [0.5, 0.6) is 0 Å². The van der Waals surface area contributed by atoms with Crippen molar-refractivity contribution in [2.75, 3.05) is 11.9 Å². The zero-order valence-electron chi connectivity index (χ0n) is 16.9. The van der Waals surface area contributed by atoms with Gasteiger partial charge in [-0.1, -0.05) is 0 Å². The van der Waals surface area contributed by atoms with Crippen LogP contribution in [0.3, 0.4) is 0 Å². The molecule has 9 heteroatoms. The molecule has 0 saturated heterocycles. The van der Waals surface area contributed by atoms with Gasteiger partial charge in [-0.3, -0.25) is 4.79 Å². The van der Waals surface area contributed by atoms with Crippen molar-refractivity contribution in [3.8, 4) is 0 Å². The van der Waals surface area contributed by atoms with Crippen molar-refractivity contribution in [3.63, 3.8) is 0 Å². The lowest BCUT2D eigenvalue weighted by Gasteiger charge is -2.27. The van der Waals surface area contributed by atoms with E-state index in [1.54, 1.807) is 20.8 Å². The van der Waals surface area contributed by atoms with Crippen LogP contribution in [0.15, 0.2) is 36.4 Å². The number of amides is 2. The maximum absolute atomic E-state index is 13.5. The third kappa shape index (κ3) is 6.47. The molecule has 162 valence electrons. The fraction of sp³-hybridized carbons (Fsp3) is 0.333. The summed E-state index contributed by atoms with van der Waals surface area (Å²) in [5.41, 5.74) is -0.713. The lowest BCUT2D eigenvalue weighted by Crippen LogP contribution is -2.50. The van der Waals surface area contributed by atoms with Gasteiger partial charge in [-0.05, 0) is 50.6 Å². The molecule has 0 aliphatic heterocycles. The Hall–Kier alpha value is -3.10. The predicted octanol–water partition coefficient (Wildman–Crippen LogP) is 4.34. The molecule has 0 bridgehead atoms. The number of nitrogens with one attached hydrogen (secondary N) is 1. The van der Waals surface area contributed by atoms with Crippen molar-refractivity contribution in [2.45, 2.75) is 38.8 Å². The minimum Gasteiger partial charge on any atom is -0.444 e. The van der Waals surface area contributed by atoms with Crippen LogP contribution in [0, 0.1) is 23.3 Å². The SMILES string of the molecule is CN(C(=O)[C@H](Cc1cc(F)cc(F)c1)NC(=O)OC(C)(C)C)c1ccc(F)c(F)c1. The predicted molar refractivity (Wildman–Crippen MR) is 103 cm³/mol. The number of carbonyl (C=O) groups excluding carboxylic acids is 2. The zero-order chi connectivity index (χ0) is 22.6. The van der Waals surface area contributed by atoms with E-state index < -0.39 is 46.9 Å². The van der Waals surface area contributed by atoms with Gasteiger partial charge in [0.25, 0.3) is 0 Å². The van der Waals surface area contributed by atoms with E-state index in [4.69, 9.17) is 4.74 Å². The van der Waals surface area contributed by atoms with Gasteiger partial charge in [0.15, 0.2) is 11.6 Å². The largest absolute Gasteiger partial charge is 0.444 e. The monoisotopic (exact) mass is 426 g/mol. The average Bonchev–Trinajstić information content (AvgIpc) is 2.59. The van der Waals surface area contributed by atoms with E-state index in [-0.39, 0.29) is 17.7 Å². The van der Waals surface area contributed by atoms with Crippen LogP contribution in [-0.2, 0) is 16.0 Å².